The molecule has 12 heteroatoms. The molecule has 1 aromatic heterocycles. The molecule has 0 fully saturated rings. The van der Waals surface area contributed by atoms with E-state index >= 15 is 0 Å². The number of amides is 1. The predicted octanol–water partition coefficient (Wildman–Crippen LogP) is 3.00. The van der Waals surface area contributed by atoms with Gasteiger partial charge in [-0.2, -0.15) is 13.5 Å². The summed E-state index contributed by atoms with van der Waals surface area (Å²) in [7, 11) is 1.28. The fourth-order valence-electron chi connectivity index (χ4n) is 2.56. The molecule has 1 aromatic carbocycles. The van der Waals surface area contributed by atoms with Gasteiger partial charge in [0.05, 0.1) is 10.7 Å². The van der Waals surface area contributed by atoms with E-state index in [9.17, 15) is 18.4 Å². The van der Waals surface area contributed by atoms with Gasteiger partial charge in [-0.15, -0.1) is 16.7 Å². The van der Waals surface area contributed by atoms with Crippen LogP contribution in [0.1, 0.15) is 24.9 Å². The number of hydrogen-bond acceptors (Lipinski definition) is 4. The van der Waals surface area contributed by atoms with E-state index in [2.05, 4.69) is 5.10 Å². The van der Waals surface area contributed by atoms with Gasteiger partial charge < -0.3 is 10.5 Å². The number of methoxy groups -OCH3 is 1. The Kier molecular flexibility index (Phi) is 6.20. The maximum Gasteiger partial charge on any atom is 0.355 e. The number of aryl methyl sites for hydroxylation is 1. The van der Waals surface area contributed by atoms with Gasteiger partial charge in [-0.1, -0.05) is 23.2 Å². The summed E-state index contributed by atoms with van der Waals surface area (Å²) in [5, 5.41) is 2.52. The summed E-state index contributed by atoms with van der Waals surface area (Å²) in [4.78, 5) is 23.9. The average molecular weight is 444 g/mol. The van der Waals surface area contributed by atoms with Crippen LogP contribution < -0.4 is 11.4 Å². The van der Waals surface area contributed by atoms with Crippen molar-refractivity contribution in [2.75, 3.05) is 7.11 Å². The zero-order chi connectivity index (χ0) is 20.7. The van der Waals surface area contributed by atoms with E-state index in [-0.39, 0.29) is 31.7 Å². The molecule has 2 N–H and O–H groups in total. The zero-order valence-corrected chi connectivity index (χ0v) is 16.6. The van der Waals surface area contributed by atoms with Crippen LogP contribution in [0.5, 0.6) is 0 Å². The second kappa shape index (κ2) is 7.75. The number of hydrogen-bond donors (Lipinski definition) is 1. The Bertz CT molecular complexity index is 947. The molecule has 0 saturated carbocycles. The third kappa shape index (κ3) is 3.69. The normalized spacial score (nSPS) is 15.0. The van der Waals surface area contributed by atoms with Crippen LogP contribution in [0.2, 0.25) is 10.0 Å². The molecule has 0 saturated heterocycles. The fourth-order valence-corrected chi connectivity index (χ4v) is 3.42. The summed E-state index contributed by atoms with van der Waals surface area (Å²) in [6, 6.07) is 2.55. The molecule has 0 aliphatic carbocycles. The molecule has 0 radical (unpaired) electrons. The summed E-state index contributed by atoms with van der Waals surface area (Å²) in [5.41, 5.74) is 2.80. The molecule has 0 aliphatic heterocycles. The highest BCUT2D eigenvalue weighted by atomic mass is 35.5. The van der Waals surface area contributed by atoms with Gasteiger partial charge in [-0.25, -0.2) is 9.36 Å². The molecule has 148 valence electrons. The molecule has 1 heterocycles. The first kappa shape index (κ1) is 21.6. The van der Waals surface area contributed by atoms with Crippen LogP contribution in [-0.4, -0.2) is 32.7 Å². The lowest BCUT2D eigenvalue weighted by atomic mass is 9.90. The van der Waals surface area contributed by atoms with E-state index in [0.717, 1.165) is 0 Å². The molecule has 2 aromatic rings. The minimum Gasteiger partial charge on any atom is -0.372 e. The molecule has 27 heavy (non-hydrogen) atoms. The first-order chi connectivity index (χ1) is 12.5. The summed E-state index contributed by atoms with van der Waals surface area (Å²) in [5.74, 6) is -1.09. The zero-order valence-electron chi connectivity index (χ0n) is 14.3. The van der Waals surface area contributed by atoms with Crippen LogP contribution in [-0.2, 0) is 15.1 Å². The molecular formula is C15H15Cl3F2N4O3. The van der Waals surface area contributed by atoms with Gasteiger partial charge in [0.2, 0.25) is 5.91 Å². The van der Waals surface area contributed by atoms with E-state index in [1.165, 1.54) is 33.1 Å². The molecule has 0 bridgehead atoms. The Morgan fingerprint density at radius 1 is 1.33 bits per heavy atom. The first-order valence-corrected chi connectivity index (χ1v) is 8.59. The van der Waals surface area contributed by atoms with E-state index in [0.29, 0.717) is 4.68 Å². The van der Waals surface area contributed by atoms with Crippen molar-refractivity contribution < 1.29 is 18.3 Å². The van der Waals surface area contributed by atoms with Gasteiger partial charge in [0, 0.05) is 17.7 Å². The molecule has 2 unspecified atom stereocenters. The number of primary amides is 1. The number of benzene rings is 1. The van der Waals surface area contributed by atoms with Crippen LogP contribution >= 0.6 is 34.8 Å². The summed E-state index contributed by atoms with van der Waals surface area (Å²) in [6.07, 6.45) is 0. The average Bonchev–Trinajstić information content (AvgIpc) is 2.87. The summed E-state index contributed by atoms with van der Waals surface area (Å²) >= 11 is 18.4. The Labute approximate surface area is 167 Å². The second-order valence-electron chi connectivity index (χ2n) is 5.75. The Hall–Kier alpha value is -1.68. The highest BCUT2D eigenvalue weighted by Gasteiger charge is 2.41. The molecule has 1 amide bonds. The summed E-state index contributed by atoms with van der Waals surface area (Å²) < 4.78 is 32.4. The number of aromatic nitrogens is 3. The topological polar surface area (TPSA) is 92.1 Å². The van der Waals surface area contributed by atoms with Gasteiger partial charge in [0.15, 0.2) is 0 Å². The lowest BCUT2D eigenvalue weighted by molar-refractivity contribution is -0.123. The Morgan fingerprint density at radius 3 is 2.37 bits per heavy atom. The number of alkyl halides is 3. The monoisotopic (exact) mass is 442 g/mol. The maximum atomic E-state index is 13.1. The van der Waals surface area contributed by atoms with Gasteiger partial charge in [-0.05, 0) is 26.0 Å². The van der Waals surface area contributed by atoms with Gasteiger partial charge in [0.25, 0.3) is 0 Å². The van der Waals surface area contributed by atoms with Crippen molar-refractivity contribution >= 4 is 40.7 Å². The minimum atomic E-state index is -3.08. The number of carbonyl (C=O) groups is 1. The minimum absolute atomic E-state index is 0.0339. The quantitative estimate of drug-likeness (QED) is 0.695. The molecule has 2 atom stereocenters. The number of nitrogens with zero attached hydrogens (tertiary/aromatic N) is 3. The standard InChI is InChI=1S/C15H15Cl3F2N4O3/c1-6-22-24(14(26)23(6)13(19)20)10-4-7(8(16)5-9(10)17)15(2,27-3)11(18)12(21)25/h4-5,11,13H,1-3H3,(H2,21,25). The van der Waals surface area contributed by atoms with Crippen LogP contribution in [0.25, 0.3) is 5.69 Å². The third-order valence-electron chi connectivity index (χ3n) is 4.13. The number of carbonyl (C=O) groups excluding carboxylic acids is 1. The second-order valence-corrected chi connectivity index (χ2v) is 7.00. The van der Waals surface area contributed by atoms with Gasteiger partial charge in [-0.3, -0.25) is 4.79 Å². The number of rotatable bonds is 6. The van der Waals surface area contributed by atoms with Crippen molar-refractivity contribution in [3.63, 3.8) is 0 Å². The Morgan fingerprint density at radius 2 is 1.93 bits per heavy atom. The maximum absolute atomic E-state index is 13.1. The van der Waals surface area contributed by atoms with Crippen molar-refractivity contribution in [3.05, 3.63) is 44.1 Å². The van der Waals surface area contributed by atoms with Gasteiger partial charge >= 0.3 is 12.2 Å². The highest BCUT2D eigenvalue weighted by Crippen LogP contribution is 2.39. The van der Waals surface area contributed by atoms with Crippen LogP contribution in [0, 0.1) is 6.92 Å². The first-order valence-electron chi connectivity index (χ1n) is 7.40. The molecule has 2 rings (SSSR count). The lowest BCUT2D eigenvalue weighted by Crippen LogP contribution is -2.43. The SMILES string of the molecule is COC(C)(c1cc(-n2nc(C)n(C(F)F)c2=O)c(Cl)cc1Cl)C(Cl)C(N)=O. The largest absolute Gasteiger partial charge is 0.372 e. The van der Waals surface area contributed by atoms with Crippen LogP contribution in [0.15, 0.2) is 16.9 Å². The van der Waals surface area contributed by atoms with E-state index < -0.39 is 29.1 Å². The molecular weight excluding hydrogens is 429 g/mol. The number of ether oxygens (including phenoxy) is 1. The van der Waals surface area contributed by atoms with Crippen LogP contribution in [0.4, 0.5) is 8.78 Å². The number of nitrogens with two attached hydrogens (primary N) is 1. The molecule has 7 nitrogen and oxygen atoms in total. The third-order valence-corrected chi connectivity index (χ3v) is 5.38. The van der Waals surface area contributed by atoms with Crippen LogP contribution in [0.3, 0.4) is 0 Å². The fraction of sp³-hybridized carbons (Fsp3) is 0.400. The van der Waals surface area contributed by atoms with Crippen molar-refractivity contribution in [1.29, 1.82) is 0 Å². The molecule has 0 spiro atoms. The highest BCUT2D eigenvalue weighted by molar-refractivity contribution is 6.36. The molecule has 0 aliphatic rings. The van der Waals surface area contributed by atoms with Crippen molar-refractivity contribution in [1.82, 2.24) is 14.3 Å². The van der Waals surface area contributed by atoms with Crippen molar-refractivity contribution in [3.8, 4) is 5.69 Å². The number of halogens is 5. The van der Waals surface area contributed by atoms with Crippen molar-refractivity contribution in [2.45, 2.75) is 31.4 Å². The lowest BCUT2D eigenvalue weighted by Gasteiger charge is -2.32. The van der Waals surface area contributed by atoms with E-state index in [4.69, 9.17) is 45.3 Å². The smallest absolute Gasteiger partial charge is 0.355 e. The summed E-state index contributed by atoms with van der Waals surface area (Å²) in [6.45, 7) is -0.376. The van der Waals surface area contributed by atoms with E-state index in [1.807, 2.05) is 0 Å². The predicted molar refractivity (Wildman–Crippen MR) is 97.0 cm³/mol. The van der Waals surface area contributed by atoms with Crippen molar-refractivity contribution in [2.24, 2.45) is 5.73 Å². The Balaban J connectivity index is 2.77. The van der Waals surface area contributed by atoms with E-state index in [1.54, 1.807) is 0 Å². The van der Waals surface area contributed by atoms with Gasteiger partial charge in [0.1, 0.15) is 16.8 Å².